The smallest absolute Gasteiger partial charge is 0.432 e. The number of hydrazine groups is 1. The number of carbonyl (C=O) groups is 1. The highest BCUT2D eigenvalue weighted by Crippen LogP contribution is 2.29. The van der Waals surface area contributed by atoms with Crippen molar-refractivity contribution in [2.75, 3.05) is 10.3 Å². The standard InChI is InChI=1S/C20H17F6N5O2/c21-19(22,23)16(28)9-17(20(24,25)26)30-13-6-4-11(5-7-13)15(27)10-31(29)14-3-1-2-12(8-14)18(32)33/h1-10,28,30H,27,29H2,(H,32,33)/b15-10-,17-9-,28-16?. The molecular weight excluding hydrogens is 456 g/mol. The second-order valence-electron chi connectivity index (χ2n) is 6.52. The van der Waals surface area contributed by atoms with Gasteiger partial charge in [0, 0.05) is 11.9 Å². The Morgan fingerprint density at radius 3 is 2.12 bits per heavy atom. The van der Waals surface area contributed by atoms with Crippen LogP contribution < -0.4 is 21.9 Å². The fourth-order valence-corrected chi connectivity index (χ4v) is 2.41. The van der Waals surface area contributed by atoms with E-state index in [9.17, 15) is 31.1 Å². The van der Waals surface area contributed by atoms with E-state index in [4.69, 9.17) is 22.1 Å². The molecule has 0 aliphatic carbocycles. The summed E-state index contributed by atoms with van der Waals surface area (Å²) in [6, 6.07) is 10.5. The molecule has 0 bridgehead atoms. The summed E-state index contributed by atoms with van der Waals surface area (Å²) in [6.07, 6.45) is -9.51. The van der Waals surface area contributed by atoms with E-state index in [0.29, 0.717) is 11.3 Å². The number of anilines is 2. The molecular formula is C20H17F6N5O2. The highest BCUT2D eigenvalue weighted by molar-refractivity contribution is 5.98. The van der Waals surface area contributed by atoms with Crippen molar-refractivity contribution in [3.8, 4) is 0 Å². The summed E-state index contributed by atoms with van der Waals surface area (Å²) >= 11 is 0. The molecule has 0 saturated heterocycles. The molecule has 7 nitrogen and oxygen atoms in total. The van der Waals surface area contributed by atoms with Gasteiger partial charge in [0.05, 0.1) is 16.9 Å². The predicted molar refractivity (Wildman–Crippen MR) is 110 cm³/mol. The maximum Gasteiger partial charge on any atom is 0.432 e. The van der Waals surface area contributed by atoms with Crippen LogP contribution in [0.3, 0.4) is 0 Å². The quantitative estimate of drug-likeness (QED) is 0.175. The van der Waals surface area contributed by atoms with E-state index >= 15 is 0 Å². The van der Waals surface area contributed by atoms with Crippen molar-refractivity contribution in [3.05, 3.63) is 77.6 Å². The topological polar surface area (TPSA) is 128 Å². The van der Waals surface area contributed by atoms with Crippen molar-refractivity contribution in [1.82, 2.24) is 0 Å². The van der Waals surface area contributed by atoms with Crippen LogP contribution in [0.4, 0.5) is 37.7 Å². The van der Waals surface area contributed by atoms with Crippen molar-refractivity contribution in [1.29, 1.82) is 5.41 Å². The zero-order valence-electron chi connectivity index (χ0n) is 16.5. The Morgan fingerprint density at radius 1 is 1.00 bits per heavy atom. The number of aromatic carboxylic acids is 1. The fraction of sp³-hybridized carbons (Fsp3) is 0.100. The van der Waals surface area contributed by atoms with E-state index in [2.05, 4.69) is 0 Å². The lowest BCUT2D eigenvalue weighted by molar-refractivity contribution is -0.0905. The number of rotatable bonds is 7. The van der Waals surface area contributed by atoms with Crippen LogP contribution in [0.15, 0.2) is 66.5 Å². The summed E-state index contributed by atoms with van der Waals surface area (Å²) in [4.78, 5) is 11.1. The van der Waals surface area contributed by atoms with Crippen LogP contribution in [0.2, 0.25) is 0 Å². The molecule has 2 aromatic carbocycles. The Bertz CT molecular complexity index is 1090. The van der Waals surface area contributed by atoms with Crippen LogP contribution in [0, 0.1) is 5.41 Å². The first-order valence-corrected chi connectivity index (χ1v) is 8.85. The van der Waals surface area contributed by atoms with Gasteiger partial charge < -0.3 is 16.2 Å². The number of carboxylic acid groups (broad SMARTS) is 1. The van der Waals surface area contributed by atoms with Crippen molar-refractivity contribution < 1.29 is 36.2 Å². The SMILES string of the molecule is N=C(/C=C(\Nc1ccc(/C(N)=C/N(N)c2cccc(C(=O)O)c2)cc1)C(F)(F)F)C(F)(F)F. The summed E-state index contributed by atoms with van der Waals surface area (Å²) in [5.41, 5.74) is 2.44. The van der Waals surface area contributed by atoms with Crippen molar-refractivity contribution in [2.24, 2.45) is 11.6 Å². The van der Waals surface area contributed by atoms with Gasteiger partial charge in [-0.15, -0.1) is 0 Å². The fourth-order valence-electron chi connectivity index (χ4n) is 2.41. The highest BCUT2D eigenvalue weighted by Gasteiger charge is 2.39. The maximum atomic E-state index is 13.1. The summed E-state index contributed by atoms with van der Waals surface area (Å²) in [7, 11) is 0. The lowest BCUT2D eigenvalue weighted by Gasteiger charge is -2.17. The molecule has 0 aromatic heterocycles. The zero-order chi connectivity index (χ0) is 25.0. The Morgan fingerprint density at radius 2 is 1.61 bits per heavy atom. The number of carboxylic acids is 1. The van der Waals surface area contributed by atoms with Crippen LogP contribution >= 0.6 is 0 Å². The van der Waals surface area contributed by atoms with Gasteiger partial charge in [0.25, 0.3) is 0 Å². The first kappa shape index (κ1) is 25.3. The molecule has 0 atom stereocenters. The van der Waals surface area contributed by atoms with Gasteiger partial charge in [0.1, 0.15) is 11.4 Å². The van der Waals surface area contributed by atoms with Gasteiger partial charge >= 0.3 is 18.3 Å². The molecule has 0 amide bonds. The number of nitrogens with two attached hydrogens (primary N) is 2. The predicted octanol–water partition coefficient (Wildman–Crippen LogP) is 4.46. The minimum absolute atomic E-state index is 0.0162. The Balaban J connectivity index is 2.22. The van der Waals surface area contributed by atoms with Crippen LogP contribution in [-0.2, 0) is 0 Å². The lowest BCUT2D eigenvalue weighted by atomic mass is 10.1. The molecule has 0 spiro atoms. The average molecular weight is 473 g/mol. The average Bonchev–Trinajstić information content (AvgIpc) is 2.72. The third kappa shape index (κ3) is 7.00. The number of nitrogens with zero attached hydrogens (tertiary/aromatic N) is 1. The van der Waals surface area contributed by atoms with Gasteiger partial charge in [0.2, 0.25) is 0 Å². The molecule has 0 fully saturated rings. The molecule has 0 unspecified atom stereocenters. The first-order chi connectivity index (χ1) is 15.2. The zero-order valence-corrected chi connectivity index (χ0v) is 16.5. The van der Waals surface area contributed by atoms with Crippen LogP contribution in [0.5, 0.6) is 0 Å². The van der Waals surface area contributed by atoms with Gasteiger partial charge in [-0.05, 0) is 42.0 Å². The molecule has 0 aliphatic rings. The number of hydrogen-bond donors (Lipinski definition) is 5. The van der Waals surface area contributed by atoms with Crippen molar-refractivity contribution in [2.45, 2.75) is 12.4 Å². The summed E-state index contributed by atoms with van der Waals surface area (Å²) < 4.78 is 76.5. The van der Waals surface area contributed by atoms with E-state index in [1.54, 1.807) is 0 Å². The van der Waals surface area contributed by atoms with Crippen LogP contribution in [-0.4, -0.2) is 29.1 Å². The summed E-state index contributed by atoms with van der Waals surface area (Å²) in [6.45, 7) is 0. The van der Waals surface area contributed by atoms with E-state index in [1.807, 2.05) is 5.32 Å². The monoisotopic (exact) mass is 473 g/mol. The number of alkyl halides is 6. The molecule has 13 heteroatoms. The van der Waals surface area contributed by atoms with E-state index < -0.39 is 29.7 Å². The van der Waals surface area contributed by atoms with Gasteiger partial charge in [-0.2, -0.15) is 26.3 Å². The van der Waals surface area contributed by atoms with Gasteiger partial charge in [-0.25, -0.2) is 10.6 Å². The maximum absolute atomic E-state index is 13.1. The van der Waals surface area contributed by atoms with Crippen molar-refractivity contribution >= 4 is 28.8 Å². The molecule has 0 radical (unpaired) electrons. The summed E-state index contributed by atoms with van der Waals surface area (Å²) in [5.74, 6) is 4.69. The molecule has 0 saturated carbocycles. The Labute approximate surface area is 183 Å². The lowest BCUT2D eigenvalue weighted by Crippen LogP contribution is -2.26. The van der Waals surface area contributed by atoms with Gasteiger partial charge in [-0.3, -0.25) is 10.4 Å². The second-order valence-corrected chi connectivity index (χ2v) is 6.52. The second kappa shape index (κ2) is 9.65. The third-order valence-corrected chi connectivity index (χ3v) is 4.07. The molecule has 2 aromatic rings. The number of nitrogens with one attached hydrogen (secondary N) is 2. The van der Waals surface area contributed by atoms with E-state index in [-0.39, 0.29) is 23.0 Å². The molecule has 2 rings (SSSR count). The number of benzene rings is 2. The highest BCUT2D eigenvalue weighted by atomic mass is 19.4. The van der Waals surface area contributed by atoms with Crippen LogP contribution in [0.1, 0.15) is 15.9 Å². The molecule has 0 heterocycles. The van der Waals surface area contributed by atoms with Gasteiger partial charge in [-0.1, -0.05) is 18.2 Å². The number of halogens is 6. The minimum Gasteiger partial charge on any atom is -0.478 e. The Kier molecular flexibility index (Phi) is 7.38. The summed E-state index contributed by atoms with van der Waals surface area (Å²) in [5, 5.41) is 18.7. The number of hydrogen-bond acceptors (Lipinski definition) is 6. The minimum atomic E-state index is -5.24. The van der Waals surface area contributed by atoms with E-state index in [1.165, 1.54) is 42.6 Å². The molecule has 33 heavy (non-hydrogen) atoms. The number of allylic oxidation sites excluding steroid dienone is 2. The largest absolute Gasteiger partial charge is 0.478 e. The normalized spacial score (nSPS) is 12.9. The van der Waals surface area contributed by atoms with Crippen molar-refractivity contribution in [3.63, 3.8) is 0 Å². The molecule has 176 valence electrons. The first-order valence-electron chi connectivity index (χ1n) is 8.85. The molecule has 7 N–H and O–H groups in total. The van der Waals surface area contributed by atoms with E-state index in [0.717, 1.165) is 17.1 Å². The Hall–Kier alpha value is -4.00. The molecule has 0 aliphatic heterocycles. The third-order valence-electron chi connectivity index (χ3n) is 4.07. The van der Waals surface area contributed by atoms with Gasteiger partial charge in [0.15, 0.2) is 0 Å². The van der Waals surface area contributed by atoms with Crippen LogP contribution in [0.25, 0.3) is 5.70 Å².